The summed E-state index contributed by atoms with van der Waals surface area (Å²) in [4.78, 5) is 19.6. The number of rotatable bonds is 3. The van der Waals surface area contributed by atoms with E-state index in [0.717, 1.165) is 57.8 Å². The number of benzene rings is 1. The first-order valence-corrected chi connectivity index (χ1v) is 9.40. The number of carbonyl (C=O) groups excluding carboxylic acids is 1. The zero-order valence-corrected chi connectivity index (χ0v) is 18.3. The maximum atomic E-state index is 12.8. The highest BCUT2D eigenvalue weighted by Gasteiger charge is 2.35. The summed E-state index contributed by atoms with van der Waals surface area (Å²) >= 11 is 0. The van der Waals surface area contributed by atoms with Crippen LogP contribution >= 0.6 is 24.8 Å². The Labute approximate surface area is 176 Å². The standard InChI is InChI=1S/C20H32N4O.2ClH/c1-20(2)15-24(9-8-18(20)21)19(25)17-6-4-16(5-7-17)14-23-12-10-22(3)11-13-23;;/h4-7,18H,8-15,21H2,1-3H3;2*1H. The van der Waals surface area contributed by atoms with Crippen LogP contribution in [0.1, 0.15) is 36.2 Å². The molecule has 3 rings (SSSR count). The van der Waals surface area contributed by atoms with Gasteiger partial charge in [0, 0.05) is 57.4 Å². The Morgan fingerprint density at radius 1 is 1.07 bits per heavy atom. The maximum Gasteiger partial charge on any atom is 0.253 e. The van der Waals surface area contributed by atoms with E-state index in [4.69, 9.17) is 5.73 Å². The fourth-order valence-corrected chi connectivity index (χ4v) is 3.75. The zero-order valence-electron chi connectivity index (χ0n) is 16.7. The number of hydrogen-bond donors (Lipinski definition) is 1. The van der Waals surface area contributed by atoms with Crippen LogP contribution in [0.2, 0.25) is 0 Å². The van der Waals surface area contributed by atoms with Crippen molar-refractivity contribution in [3.05, 3.63) is 35.4 Å². The van der Waals surface area contributed by atoms with Crippen molar-refractivity contribution in [2.45, 2.75) is 32.9 Å². The number of likely N-dealkylation sites (tertiary alicyclic amines) is 1. The molecule has 2 saturated heterocycles. The molecule has 0 spiro atoms. The Balaban J connectivity index is 0.00000182. The first kappa shape index (κ1) is 24.2. The van der Waals surface area contributed by atoms with Crippen LogP contribution < -0.4 is 5.73 Å². The number of piperidine rings is 1. The van der Waals surface area contributed by atoms with Crippen LogP contribution in [0.15, 0.2) is 24.3 Å². The van der Waals surface area contributed by atoms with Crippen LogP contribution in [0.4, 0.5) is 0 Å². The average Bonchev–Trinajstić information content (AvgIpc) is 2.59. The van der Waals surface area contributed by atoms with Gasteiger partial charge in [-0.25, -0.2) is 0 Å². The van der Waals surface area contributed by atoms with Gasteiger partial charge < -0.3 is 15.5 Å². The summed E-state index contributed by atoms with van der Waals surface area (Å²) in [5, 5.41) is 0. The van der Waals surface area contributed by atoms with E-state index in [1.54, 1.807) is 0 Å². The van der Waals surface area contributed by atoms with Crippen LogP contribution in [0.25, 0.3) is 0 Å². The van der Waals surface area contributed by atoms with Gasteiger partial charge in [0.05, 0.1) is 0 Å². The molecule has 2 heterocycles. The molecule has 0 aliphatic carbocycles. The molecular weight excluding hydrogens is 383 g/mol. The SMILES string of the molecule is CN1CCN(Cc2ccc(C(=O)N3CCC(N)C(C)(C)C3)cc2)CC1.Cl.Cl. The highest BCUT2D eigenvalue weighted by molar-refractivity contribution is 5.94. The summed E-state index contributed by atoms with van der Waals surface area (Å²) in [6.45, 7) is 11.2. The molecule has 2 fully saturated rings. The molecule has 27 heavy (non-hydrogen) atoms. The predicted molar refractivity (Wildman–Crippen MR) is 116 cm³/mol. The molecule has 1 atom stereocenters. The van der Waals surface area contributed by atoms with E-state index in [1.165, 1.54) is 5.56 Å². The van der Waals surface area contributed by atoms with Crippen LogP contribution in [0, 0.1) is 5.41 Å². The molecule has 1 aromatic rings. The lowest BCUT2D eigenvalue weighted by molar-refractivity contribution is 0.0533. The quantitative estimate of drug-likeness (QED) is 0.821. The first-order valence-electron chi connectivity index (χ1n) is 9.40. The number of nitrogens with two attached hydrogens (primary N) is 1. The van der Waals surface area contributed by atoms with Crippen LogP contribution in [0.5, 0.6) is 0 Å². The number of amides is 1. The van der Waals surface area contributed by atoms with Gasteiger partial charge in [0.25, 0.3) is 5.91 Å². The van der Waals surface area contributed by atoms with E-state index in [-0.39, 0.29) is 42.2 Å². The predicted octanol–water partition coefficient (Wildman–Crippen LogP) is 2.48. The van der Waals surface area contributed by atoms with Gasteiger partial charge in [0.15, 0.2) is 0 Å². The van der Waals surface area contributed by atoms with E-state index < -0.39 is 0 Å². The lowest BCUT2D eigenvalue weighted by atomic mass is 9.79. The molecule has 1 amide bonds. The van der Waals surface area contributed by atoms with Crippen molar-refractivity contribution in [3.63, 3.8) is 0 Å². The van der Waals surface area contributed by atoms with Crippen LogP contribution in [0.3, 0.4) is 0 Å². The third kappa shape index (κ3) is 6.06. The molecule has 0 radical (unpaired) electrons. The Kier molecular flexibility index (Phi) is 9.03. The maximum absolute atomic E-state index is 12.8. The highest BCUT2D eigenvalue weighted by Crippen LogP contribution is 2.28. The zero-order chi connectivity index (χ0) is 18.0. The molecule has 0 saturated carbocycles. The topological polar surface area (TPSA) is 52.8 Å². The number of nitrogens with zero attached hydrogens (tertiary/aromatic N) is 3. The average molecular weight is 417 g/mol. The molecule has 7 heteroatoms. The first-order chi connectivity index (χ1) is 11.8. The van der Waals surface area contributed by atoms with Gasteiger partial charge in [-0.2, -0.15) is 0 Å². The van der Waals surface area contributed by atoms with E-state index in [0.29, 0.717) is 0 Å². The fraction of sp³-hybridized carbons (Fsp3) is 0.650. The summed E-state index contributed by atoms with van der Waals surface area (Å²) in [6.07, 6.45) is 0.875. The molecule has 154 valence electrons. The second kappa shape index (κ2) is 10.1. The summed E-state index contributed by atoms with van der Waals surface area (Å²) < 4.78 is 0. The molecule has 2 N–H and O–H groups in total. The molecule has 1 aromatic carbocycles. The van der Waals surface area contributed by atoms with Gasteiger partial charge in [-0.15, -0.1) is 24.8 Å². The van der Waals surface area contributed by atoms with Crippen molar-refractivity contribution in [2.24, 2.45) is 11.1 Å². The van der Waals surface area contributed by atoms with E-state index >= 15 is 0 Å². The van der Waals surface area contributed by atoms with E-state index in [2.05, 4.69) is 42.8 Å². The normalized spacial score (nSPS) is 23.3. The highest BCUT2D eigenvalue weighted by atomic mass is 35.5. The largest absolute Gasteiger partial charge is 0.338 e. The molecule has 2 aliphatic heterocycles. The van der Waals surface area contributed by atoms with Crippen LogP contribution in [-0.2, 0) is 6.54 Å². The Hall–Kier alpha value is -0.850. The number of halogens is 2. The Morgan fingerprint density at radius 2 is 1.67 bits per heavy atom. The third-order valence-corrected chi connectivity index (χ3v) is 5.80. The van der Waals surface area contributed by atoms with Gasteiger partial charge >= 0.3 is 0 Å². The molecule has 2 aliphatic rings. The summed E-state index contributed by atoms with van der Waals surface area (Å²) in [5.41, 5.74) is 8.23. The smallest absolute Gasteiger partial charge is 0.253 e. The number of hydrogen-bond acceptors (Lipinski definition) is 4. The van der Waals surface area contributed by atoms with E-state index in [9.17, 15) is 4.79 Å². The monoisotopic (exact) mass is 416 g/mol. The second-order valence-corrected chi connectivity index (χ2v) is 8.39. The Morgan fingerprint density at radius 3 is 2.22 bits per heavy atom. The van der Waals surface area contributed by atoms with Gasteiger partial charge in [0.2, 0.25) is 0 Å². The molecule has 5 nitrogen and oxygen atoms in total. The van der Waals surface area contributed by atoms with E-state index in [1.807, 2.05) is 17.0 Å². The van der Waals surface area contributed by atoms with Crippen molar-refractivity contribution in [1.29, 1.82) is 0 Å². The minimum Gasteiger partial charge on any atom is -0.338 e. The van der Waals surface area contributed by atoms with Gasteiger partial charge in [-0.1, -0.05) is 26.0 Å². The summed E-state index contributed by atoms with van der Waals surface area (Å²) in [7, 11) is 2.17. The fourth-order valence-electron chi connectivity index (χ4n) is 3.75. The lowest BCUT2D eigenvalue weighted by Gasteiger charge is -2.42. The number of carbonyl (C=O) groups is 1. The molecule has 0 bridgehead atoms. The number of piperazine rings is 1. The molecular formula is C20H34Cl2N4O. The van der Waals surface area contributed by atoms with Crippen molar-refractivity contribution in [1.82, 2.24) is 14.7 Å². The van der Waals surface area contributed by atoms with Crippen molar-refractivity contribution in [2.75, 3.05) is 46.3 Å². The molecule has 0 aromatic heterocycles. The van der Waals surface area contributed by atoms with Crippen molar-refractivity contribution < 1.29 is 4.79 Å². The minimum atomic E-state index is -0.0186. The lowest BCUT2D eigenvalue weighted by Crippen LogP contribution is -2.54. The van der Waals surface area contributed by atoms with Crippen molar-refractivity contribution in [3.8, 4) is 0 Å². The second-order valence-electron chi connectivity index (χ2n) is 8.39. The van der Waals surface area contributed by atoms with Gasteiger partial charge in [0.1, 0.15) is 0 Å². The summed E-state index contributed by atoms with van der Waals surface area (Å²) in [5.74, 6) is 0.131. The van der Waals surface area contributed by atoms with Crippen LogP contribution in [-0.4, -0.2) is 73.0 Å². The van der Waals surface area contributed by atoms with Crippen molar-refractivity contribution >= 4 is 30.7 Å². The minimum absolute atomic E-state index is 0. The molecule has 1 unspecified atom stereocenters. The Bertz CT molecular complexity index is 601. The number of likely N-dealkylation sites (N-methyl/N-ethyl adjacent to an activating group) is 1. The van der Waals surface area contributed by atoms with Gasteiger partial charge in [-0.3, -0.25) is 9.69 Å². The summed E-state index contributed by atoms with van der Waals surface area (Å²) in [6, 6.07) is 8.34. The third-order valence-electron chi connectivity index (χ3n) is 5.80. The van der Waals surface area contributed by atoms with Gasteiger partial charge in [-0.05, 0) is 36.6 Å².